The Balaban J connectivity index is 1.99. The van der Waals surface area contributed by atoms with E-state index in [-0.39, 0.29) is 0 Å². The van der Waals surface area contributed by atoms with E-state index in [1.165, 1.54) is 18.4 Å². The van der Waals surface area contributed by atoms with Crippen LogP contribution in [0.25, 0.3) is 11.1 Å². The van der Waals surface area contributed by atoms with Crippen LogP contribution in [-0.2, 0) is 6.42 Å². The van der Waals surface area contributed by atoms with Gasteiger partial charge in [0.25, 0.3) is 0 Å². The van der Waals surface area contributed by atoms with Crippen LogP contribution < -0.4 is 4.74 Å². The maximum absolute atomic E-state index is 6.47. The lowest BCUT2D eigenvalue weighted by Gasteiger charge is -2.06. The molecular weight excluding hydrogens is 316 g/mol. The Morgan fingerprint density at radius 3 is 2.21 bits per heavy atom. The van der Waals surface area contributed by atoms with Crippen molar-refractivity contribution in [3.63, 3.8) is 0 Å². The van der Waals surface area contributed by atoms with Gasteiger partial charge in [-0.2, -0.15) is 0 Å². The Labute approximate surface area is 151 Å². The predicted octanol–water partition coefficient (Wildman–Crippen LogP) is 6.95. The van der Waals surface area contributed by atoms with E-state index in [1.54, 1.807) is 0 Å². The molecule has 0 N–H and O–H groups in total. The number of benzene rings is 2. The summed E-state index contributed by atoms with van der Waals surface area (Å²) in [6.07, 6.45) is 7.82. The average molecular weight is 343 g/mol. The van der Waals surface area contributed by atoms with Crippen LogP contribution in [0.4, 0.5) is 0 Å². The molecule has 0 aliphatic heterocycles. The molecule has 0 radical (unpaired) electrons. The molecule has 0 bridgehead atoms. The van der Waals surface area contributed by atoms with Crippen LogP contribution in [0, 0.1) is 0 Å². The van der Waals surface area contributed by atoms with E-state index in [2.05, 4.69) is 38.1 Å². The second-order valence-electron chi connectivity index (χ2n) is 6.06. The molecule has 2 heteroatoms. The molecule has 0 amide bonds. The molecule has 0 fully saturated rings. The Bertz CT molecular complexity index is 626. The Morgan fingerprint density at radius 2 is 1.58 bits per heavy atom. The summed E-state index contributed by atoms with van der Waals surface area (Å²) >= 11 is 6.47. The highest BCUT2D eigenvalue weighted by Crippen LogP contribution is 2.24. The van der Waals surface area contributed by atoms with Gasteiger partial charge in [-0.25, -0.2) is 0 Å². The van der Waals surface area contributed by atoms with Gasteiger partial charge in [-0.05, 0) is 54.2 Å². The maximum atomic E-state index is 6.47. The smallest absolute Gasteiger partial charge is 0.119 e. The standard InChI is InChI=1S/C22H27ClO/c1-3-5-7-18-8-12-20(13-9-18)22(23)17-19-10-14-21(15-11-19)24-16-6-4-2/h8-15,17H,3-7,16H2,1-2H3. The van der Waals surface area contributed by atoms with Crippen LogP contribution in [0.5, 0.6) is 5.75 Å². The van der Waals surface area contributed by atoms with Crippen LogP contribution in [0.1, 0.15) is 56.2 Å². The molecule has 24 heavy (non-hydrogen) atoms. The van der Waals surface area contributed by atoms with Crippen molar-refractivity contribution in [1.82, 2.24) is 0 Å². The first-order chi connectivity index (χ1) is 11.7. The highest BCUT2D eigenvalue weighted by atomic mass is 35.5. The number of ether oxygens (including phenoxy) is 1. The summed E-state index contributed by atoms with van der Waals surface area (Å²) in [6, 6.07) is 16.6. The second-order valence-corrected chi connectivity index (χ2v) is 6.47. The van der Waals surface area contributed by atoms with Crippen molar-refractivity contribution in [1.29, 1.82) is 0 Å². The largest absolute Gasteiger partial charge is 0.494 e. The van der Waals surface area contributed by atoms with Crippen LogP contribution >= 0.6 is 11.6 Å². The Morgan fingerprint density at radius 1 is 0.917 bits per heavy atom. The predicted molar refractivity (Wildman–Crippen MR) is 106 cm³/mol. The monoisotopic (exact) mass is 342 g/mol. The molecule has 0 aromatic heterocycles. The molecule has 0 spiro atoms. The van der Waals surface area contributed by atoms with Gasteiger partial charge in [0.15, 0.2) is 0 Å². The second kappa shape index (κ2) is 10.2. The minimum Gasteiger partial charge on any atom is -0.494 e. The number of hydrogen-bond acceptors (Lipinski definition) is 1. The van der Waals surface area contributed by atoms with Crippen molar-refractivity contribution in [2.75, 3.05) is 6.61 Å². The lowest BCUT2D eigenvalue weighted by atomic mass is 10.1. The van der Waals surface area contributed by atoms with Crippen LogP contribution in [-0.4, -0.2) is 6.61 Å². The summed E-state index contributed by atoms with van der Waals surface area (Å²) in [5.41, 5.74) is 3.51. The van der Waals surface area contributed by atoms with Crippen molar-refractivity contribution in [3.05, 3.63) is 65.2 Å². The molecule has 1 nitrogen and oxygen atoms in total. The number of aryl methyl sites for hydroxylation is 1. The first-order valence-corrected chi connectivity index (χ1v) is 9.30. The maximum Gasteiger partial charge on any atom is 0.119 e. The molecule has 0 atom stereocenters. The van der Waals surface area contributed by atoms with Gasteiger partial charge >= 0.3 is 0 Å². The van der Waals surface area contributed by atoms with E-state index in [0.717, 1.165) is 47.8 Å². The fourth-order valence-corrected chi connectivity index (χ4v) is 2.69. The molecule has 0 aliphatic rings. The van der Waals surface area contributed by atoms with Gasteiger partial charge < -0.3 is 4.74 Å². The van der Waals surface area contributed by atoms with E-state index in [9.17, 15) is 0 Å². The molecule has 128 valence electrons. The van der Waals surface area contributed by atoms with Crippen molar-refractivity contribution in [3.8, 4) is 5.75 Å². The third-order valence-electron chi connectivity index (χ3n) is 3.99. The van der Waals surface area contributed by atoms with Crippen LogP contribution in [0.3, 0.4) is 0 Å². The van der Waals surface area contributed by atoms with Gasteiger partial charge in [-0.3, -0.25) is 0 Å². The zero-order valence-electron chi connectivity index (χ0n) is 14.7. The quantitative estimate of drug-likeness (QED) is 0.354. The topological polar surface area (TPSA) is 9.23 Å². The van der Waals surface area contributed by atoms with Crippen LogP contribution in [0.2, 0.25) is 0 Å². The van der Waals surface area contributed by atoms with Gasteiger partial charge in [0.1, 0.15) is 5.75 Å². The Hall–Kier alpha value is -1.73. The normalized spacial score (nSPS) is 11.5. The van der Waals surface area contributed by atoms with Gasteiger partial charge in [0.05, 0.1) is 6.61 Å². The van der Waals surface area contributed by atoms with Crippen molar-refractivity contribution in [2.45, 2.75) is 46.0 Å². The third kappa shape index (κ3) is 6.05. The third-order valence-corrected chi connectivity index (χ3v) is 4.32. The summed E-state index contributed by atoms with van der Waals surface area (Å²) in [7, 11) is 0. The molecule has 2 rings (SSSR count). The van der Waals surface area contributed by atoms with E-state index in [0.29, 0.717) is 0 Å². The average Bonchev–Trinajstić information content (AvgIpc) is 2.62. The molecule has 2 aromatic rings. The van der Waals surface area contributed by atoms with Crippen molar-refractivity contribution in [2.24, 2.45) is 0 Å². The van der Waals surface area contributed by atoms with Gasteiger partial charge in [0, 0.05) is 5.03 Å². The summed E-state index contributed by atoms with van der Waals surface area (Å²) in [6.45, 7) is 5.15. The lowest BCUT2D eigenvalue weighted by molar-refractivity contribution is 0.309. The summed E-state index contributed by atoms with van der Waals surface area (Å²) < 4.78 is 5.68. The minimum absolute atomic E-state index is 0.761. The van der Waals surface area contributed by atoms with E-state index >= 15 is 0 Å². The van der Waals surface area contributed by atoms with E-state index in [4.69, 9.17) is 16.3 Å². The zero-order chi connectivity index (χ0) is 17.2. The molecule has 2 aromatic carbocycles. The highest BCUT2D eigenvalue weighted by Gasteiger charge is 2.00. The molecule has 0 unspecified atom stereocenters. The molecule has 0 saturated heterocycles. The fraction of sp³-hybridized carbons (Fsp3) is 0.364. The highest BCUT2D eigenvalue weighted by molar-refractivity contribution is 6.51. The summed E-state index contributed by atoms with van der Waals surface area (Å²) in [5.74, 6) is 0.914. The fourth-order valence-electron chi connectivity index (χ4n) is 2.44. The SMILES string of the molecule is CCCCOc1ccc(C=C(Cl)c2ccc(CCCC)cc2)cc1. The van der Waals surface area contributed by atoms with E-state index in [1.807, 2.05) is 30.3 Å². The van der Waals surface area contributed by atoms with E-state index < -0.39 is 0 Å². The number of unbranched alkanes of at least 4 members (excludes halogenated alkanes) is 2. The van der Waals surface area contributed by atoms with Crippen molar-refractivity contribution < 1.29 is 4.74 Å². The van der Waals surface area contributed by atoms with Gasteiger partial charge in [-0.1, -0.05) is 74.7 Å². The van der Waals surface area contributed by atoms with Gasteiger partial charge in [0.2, 0.25) is 0 Å². The molecular formula is C22H27ClO. The first kappa shape index (κ1) is 18.6. The number of hydrogen-bond donors (Lipinski definition) is 0. The minimum atomic E-state index is 0.761. The lowest BCUT2D eigenvalue weighted by Crippen LogP contribution is -1.95. The zero-order valence-corrected chi connectivity index (χ0v) is 15.5. The van der Waals surface area contributed by atoms with Gasteiger partial charge in [-0.15, -0.1) is 0 Å². The summed E-state index contributed by atoms with van der Waals surface area (Å²) in [4.78, 5) is 0. The summed E-state index contributed by atoms with van der Waals surface area (Å²) in [5, 5.41) is 0.761. The van der Waals surface area contributed by atoms with Crippen LogP contribution in [0.15, 0.2) is 48.5 Å². The molecule has 0 saturated carbocycles. The first-order valence-electron chi connectivity index (χ1n) is 8.92. The number of rotatable bonds is 9. The Kier molecular flexibility index (Phi) is 7.91. The van der Waals surface area contributed by atoms with Crippen molar-refractivity contribution >= 4 is 22.7 Å². The number of halogens is 1. The molecule has 0 heterocycles. The molecule has 0 aliphatic carbocycles.